The van der Waals surface area contributed by atoms with E-state index in [4.69, 9.17) is 14.2 Å². The number of aromatic nitrogens is 2. The van der Waals surface area contributed by atoms with Gasteiger partial charge in [0, 0.05) is 42.7 Å². The lowest BCUT2D eigenvalue weighted by Gasteiger charge is -2.23. The number of fused-ring (bicyclic) bond motifs is 3. The Kier molecular flexibility index (Phi) is 9.23. The number of benzene rings is 2. The third-order valence-electron chi connectivity index (χ3n) is 6.83. The van der Waals surface area contributed by atoms with Crippen molar-refractivity contribution in [2.45, 2.75) is 59.2 Å². The van der Waals surface area contributed by atoms with Gasteiger partial charge in [0.25, 0.3) is 5.56 Å². The average Bonchev–Trinajstić information content (AvgIpc) is 2.92. The van der Waals surface area contributed by atoms with E-state index < -0.39 is 17.5 Å². The summed E-state index contributed by atoms with van der Waals surface area (Å²) in [7, 11) is 3.26. The number of carbonyl (C=O) groups excluding carboxylic acids is 1. The fraction of sp³-hybridized carbons (Fsp3) is 0.406. The van der Waals surface area contributed by atoms with Gasteiger partial charge in [-0.1, -0.05) is 19.1 Å². The molecule has 0 saturated heterocycles. The van der Waals surface area contributed by atoms with Crippen molar-refractivity contribution in [3.8, 4) is 11.5 Å². The number of nitrogens with zero attached hydrogens (tertiary/aromatic N) is 2. The molecule has 2 atom stereocenters. The molecule has 0 radical (unpaired) electrons. The Labute approximate surface area is 245 Å². The van der Waals surface area contributed by atoms with Crippen LogP contribution >= 0.6 is 0 Å². The second kappa shape index (κ2) is 12.7. The number of hydrogen-bond donors (Lipinski definition) is 2. The van der Waals surface area contributed by atoms with Gasteiger partial charge in [-0.05, 0) is 69.9 Å². The van der Waals surface area contributed by atoms with E-state index >= 15 is 4.39 Å². The third-order valence-corrected chi connectivity index (χ3v) is 6.83. The average molecular weight is 579 g/mol. The van der Waals surface area contributed by atoms with Crippen LogP contribution in [0, 0.1) is 11.7 Å². The molecule has 4 aromatic rings. The number of methoxy groups -OCH3 is 1. The number of amides is 1. The van der Waals surface area contributed by atoms with Crippen LogP contribution in [0.3, 0.4) is 0 Å². The molecular weight excluding hydrogens is 539 g/mol. The molecule has 10 heteroatoms. The Morgan fingerprint density at radius 3 is 2.48 bits per heavy atom. The molecule has 2 aromatic carbocycles. The summed E-state index contributed by atoms with van der Waals surface area (Å²) in [6, 6.07) is 12.1. The predicted octanol–water partition coefficient (Wildman–Crippen LogP) is 6.16. The highest BCUT2D eigenvalue weighted by Crippen LogP contribution is 2.31. The molecule has 0 fully saturated rings. The zero-order valence-corrected chi connectivity index (χ0v) is 25.2. The van der Waals surface area contributed by atoms with Crippen LogP contribution in [-0.2, 0) is 18.3 Å². The Balaban J connectivity index is 1.52. The fourth-order valence-corrected chi connectivity index (χ4v) is 4.86. The monoisotopic (exact) mass is 578 g/mol. The second-order valence-electron chi connectivity index (χ2n) is 11.6. The van der Waals surface area contributed by atoms with Crippen LogP contribution in [0.2, 0.25) is 0 Å². The standard InChI is InChI=1S/C32H39FN4O5/c1-19(14-20(2)36-31(39)42-32(3,4)5)18-41-27-16-26-24(15-25(27)33)23-12-13-34-29(28(23)30(38)37(26)6)35-17-21-8-10-22(40-7)11-9-21/h8-13,15-16,19-20H,14,17-18H2,1-7H3,(H,34,35)(H,36,39). The second-order valence-corrected chi connectivity index (χ2v) is 11.6. The van der Waals surface area contributed by atoms with Gasteiger partial charge in [0.1, 0.15) is 17.2 Å². The van der Waals surface area contributed by atoms with Crippen LogP contribution in [0.25, 0.3) is 21.7 Å². The summed E-state index contributed by atoms with van der Waals surface area (Å²) in [6.45, 7) is 9.94. The van der Waals surface area contributed by atoms with E-state index in [1.165, 1.54) is 10.6 Å². The highest BCUT2D eigenvalue weighted by atomic mass is 19.1. The third kappa shape index (κ3) is 7.29. The Morgan fingerprint density at radius 1 is 1.10 bits per heavy atom. The van der Waals surface area contributed by atoms with E-state index in [0.717, 1.165) is 11.3 Å². The van der Waals surface area contributed by atoms with Crippen molar-refractivity contribution < 1.29 is 23.4 Å². The van der Waals surface area contributed by atoms with Crippen LogP contribution in [0.1, 0.15) is 46.6 Å². The van der Waals surface area contributed by atoms with Gasteiger partial charge in [-0.15, -0.1) is 0 Å². The lowest BCUT2D eigenvalue weighted by molar-refractivity contribution is 0.0500. The molecule has 2 unspecified atom stereocenters. The molecule has 2 N–H and O–H groups in total. The van der Waals surface area contributed by atoms with Crippen molar-refractivity contribution in [2.24, 2.45) is 13.0 Å². The first-order valence-corrected chi connectivity index (χ1v) is 14.0. The van der Waals surface area contributed by atoms with Gasteiger partial charge >= 0.3 is 6.09 Å². The molecule has 4 rings (SSSR count). The molecule has 0 aliphatic heterocycles. The molecule has 0 aliphatic rings. The summed E-state index contributed by atoms with van der Waals surface area (Å²) in [4.78, 5) is 30.0. The van der Waals surface area contributed by atoms with Crippen molar-refractivity contribution in [1.29, 1.82) is 0 Å². The molecular formula is C32H39FN4O5. The summed E-state index contributed by atoms with van der Waals surface area (Å²) < 4.78 is 33.2. The molecule has 0 bridgehead atoms. The summed E-state index contributed by atoms with van der Waals surface area (Å²) in [6.07, 6.45) is 1.73. The number of carbonyl (C=O) groups is 1. The van der Waals surface area contributed by atoms with Gasteiger partial charge in [-0.2, -0.15) is 0 Å². The van der Waals surface area contributed by atoms with Gasteiger partial charge in [-0.3, -0.25) is 4.79 Å². The van der Waals surface area contributed by atoms with E-state index in [1.54, 1.807) is 53.3 Å². The van der Waals surface area contributed by atoms with E-state index in [0.29, 0.717) is 40.5 Å². The van der Waals surface area contributed by atoms with Crippen LogP contribution in [0.4, 0.5) is 15.0 Å². The van der Waals surface area contributed by atoms with Crippen LogP contribution in [0.15, 0.2) is 53.5 Å². The highest BCUT2D eigenvalue weighted by Gasteiger charge is 2.20. The molecule has 0 aliphatic carbocycles. The number of halogens is 1. The van der Waals surface area contributed by atoms with Crippen molar-refractivity contribution in [3.63, 3.8) is 0 Å². The Hall–Kier alpha value is -4.34. The van der Waals surface area contributed by atoms with Crippen LogP contribution in [0.5, 0.6) is 11.5 Å². The summed E-state index contributed by atoms with van der Waals surface area (Å²) in [5, 5.41) is 7.63. The van der Waals surface area contributed by atoms with E-state index in [1.807, 2.05) is 38.1 Å². The van der Waals surface area contributed by atoms with Crippen molar-refractivity contribution >= 4 is 33.6 Å². The molecule has 0 spiro atoms. The van der Waals surface area contributed by atoms with Crippen molar-refractivity contribution in [3.05, 3.63) is 70.4 Å². The van der Waals surface area contributed by atoms with Crippen molar-refractivity contribution in [1.82, 2.24) is 14.9 Å². The number of anilines is 1. The highest BCUT2D eigenvalue weighted by molar-refractivity contribution is 6.09. The van der Waals surface area contributed by atoms with Crippen molar-refractivity contribution in [2.75, 3.05) is 19.0 Å². The molecule has 42 heavy (non-hydrogen) atoms. The zero-order chi connectivity index (χ0) is 30.6. The number of rotatable bonds is 10. The first-order valence-electron chi connectivity index (χ1n) is 14.0. The topological polar surface area (TPSA) is 104 Å². The zero-order valence-electron chi connectivity index (χ0n) is 25.2. The molecule has 2 aromatic heterocycles. The first kappa shape index (κ1) is 30.6. The molecule has 1 amide bonds. The van der Waals surface area contributed by atoms with Gasteiger partial charge in [0.05, 0.1) is 24.6 Å². The molecule has 2 heterocycles. The first-order chi connectivity index (χ1) is 19.9. The van der Waals surface area contributed by atoms with Gasteiger partial charge in [-0.25, -0.2) is 14.2 Å². The van der Waals surface area contributed by atoms with Gasteiger partial charge in [0.15, 0.2) is 11.6 Å². The SMILES string of the molecule is COc1ccc(CNc2nccc3c2c(=O)n(C)c2cc(OCC(C)CC(C)NC(=O)OC(C)(C)C)c(F)cc32)cc1. The summed E-state index contributed by atoms with van der Waals surface area (Å²) in [5.41, 5.74) is 0.701. The van der Waals surface area contributed by atoms with E-state index in [9.17, 15) is 9.59 Å². The Morgan fingerprint density at radius 2 is 1.81 bits per heavy atom. The minimum Gasteiger partial charge on any atom is -0.497 e. The lowest BCUT2D eigenvalue weighted by Crippen LogP contribution is -2.38. The summed E-state index contributed by atoms with van der Waals surface area (Å²) in [5.74, 6) is 0.722. The van der Waals surface area contributed by atoms with E-state index in [-0.39, 0.29) is 29.9 Å². The van der Waals surface area contributed by atoms with E-state index in [2.05, 4.69) is 15.6 Å². The quantitative estimate of drug-likeness (QED) is 0.217. The number of hydrogen-bond acceptors (Lipinski definition) is 7. The maximum atomic E-state index is 15.3. The maximum Gasteiger partial charge on any atom is 0.407 e. The minimum absolute atomic E-state index is 0.0101. The number of alkyl carbamates (subject to hydrolysis) is 1. The smallest absolute Gasteiger partial charge is 0.407 e. The molecule has 224 valence electrons. The normalized spacial score (nSPS) is 13.0. The van der Waals surface area contributed by atoms with Crippen LogP contribution in [-0.4, -0.2) is 41.0 Å². The number of nitrogens with one attached hydrogen (secondary N) is 2. The molecule has 0 saturated carbocycles. The fourth-order valence-electron chi connectivity index (χ4n) is 4.86. The number of pyridine rings is 2. The largest absolute Gasteiger partial charge is 0.497 e. The molecule has 9 nitrogen and oxygen atoms in total. The number of aryl methyl sites for hydroxylation is 1. The predicted molar refractivity (Wildman–Crippen MR) is 163 cm³/mol. The lowest BCUT2D eigenvalue weighted by atomic mass is 10.0. The van der Waals surface area contributed by atoms with Crippen LogP contribution < -0.4 is 25.7 Å². The minimum atomic E-state index is -0.580. The number of ether oxygens (including phenoxy) is 3. The van der Waals surface area contributed by atoms with Gasteiger partial charge < -0.3 is 29.4 Å². The summed E-state index contributed by atoms with van der Waals surface area (Å²) >= 11 is 0. The Bertz CT molecular complexity index is 1630. The van der Waals surface area contributed by atoms with Gasteiger partial charge in [0.2, 0.25) is 0 Å². The maximum absolute atomic E-state index is 15.3.